The standard InChI is InChI=1S/C38H42ClN3O4S/c1-2-29-20-24-34(25-21-29)42(47(45,46)35-16-10-5-11-17-35)28-37(43)41(27-31-18-22-32(39)23-19-31)36(26-30-12-6-3-7-13-30)38(44)40-33-14-8-4-9-15-33/h3,5-7,10-13,16-25,33,36H,2,4,8-9,14-15,26-28H2,1H3,(H,40,44)/t36-/m1/s1. The lowest BCUT2D eigenvalue weighted by molar-refractivity contribution is -0.140. The number of nitrogens with zero attached hydrogens (tertiary/aromatic N) is 2. The summed E-state index contributed by atoms with van der Waals surface area (Å²) in [6.07, 6.45) is 6.09. The van der Waals surface area contributed by atoms with E-state index in [1.807, 2.05) is 61.5 Å². The van der Waals surface area contributed by atoms with E-state index in [1.54, 1.807) is 42.5 Å². The zero-order valence-electron chi connectivity index (χ0n) is 26.7. The van der Waals surface area contributed by atoms with E-state index in [-0.39, 0.29) is 29.8 Å². The molecule has 1 N–H and O–H groups in total. The largest absolute Gasteiger partial charge is 0.352 e. The molecule has 0 radical (unpaired) electrons. The first-order chi connectivity index (χ1) is 22.7. The molecule has 0 heterocycles. The first-order valence-electron chi connectivity index (χ1n) is 16.3. The van der Waals surface area contributed by atoms with Crippen LogP contribution in [0.3, 0.4) is 0 Å². The number of hydrogen-bond acceptors (Lipinski definition) is 4. The first-order valence-corrected chi connectivity index (χ1v) is 18.1. The summed E-state index contributed by atoms with van der Waals surface area (Å²) in [6, 6.07) is 31.2. The van der Waals surface area contributed by atoms with E-state index in [1.165, 1.54) is 17.0 Å². The molecule has 1 saturated carbocycles. The molecule has 0 aliphatic heterocycles. The molecule has 5 rings (SSSR count). The lowest BCUT2D eigenvalue weighted by Gasteiger charge is -2.35. The highest BCUT2D eigenvalue weighted by atomic mass is 35.5. The molecule has 0 spiro atoms. The Hall–Kier alpha value is -4.14. The molecule has 4 aromatic rings. The van der Waals surface area contributed by atoms with Gasteiger partial charge in [-0.1, -0.05) is 111 Å². The van der Waals surface area contributed by atoms with Gasteiger partial charge in [0.1, 0.15) is 12.6 Å². The molecule has 47 heavy (non-hydrogen) atoms. The number of aryl methyl sites for hydroxylation is 1. The fraction of sp³-hybridized carbons (Fsp3) is 0.316. The SMILES string of the molecule is CCc1ccc(N(CC(=O)N(Cc2ccc(Cl)cc2)[C@H](Cc2ccccc2)C(=O)NC2CCCCC2)S(=O)(=O)c2ccccc2)cc1. The van der Waals surface area contributed by atoms with Crippen LogP contribution in [0.2, 0.25) is 5.02 Å². The Balaban J connectivity index is 1.55. The molecule has 2 amide bonds. The molecular weight excluding hydrogens is 630 g/mol. The molecule has 1 fully saturated rings. The number of benzene rings is 4. The summed E-state index contributed by atoms with van der Waals surface area (Å²) in [7, 11) is -4.14. The van der Waals surface area contributed by atoms with Gasteiger partial charge >= 0.3 is 0 Å². The van der Waals surface area contributed by atoms with Crippen LogP contribution < -0.4 is 9.62 Å². The topological polar surface area (TPSA) is 86.8 Å². The third-order valence-corrected chi connectivity index (χ3v) is 10.8. The zero-order chi connectivity index (χ0) is 33.2. The van der Waals surface area contributed by atoms with Crippen molar-refractivity contribution in [1.82, 2.24) is 10.2 Å². The maximum atomic E-state index is 14.6. The summed E-state index contributed by atoms with van der Waals surface area (Å²) >= 11 is 6.19. The highest BCUT2D eigenvalue weighted by Gasteiger charge is 2.35. The molecule has 0 bridgehead atoms. The number of anilines is 1. The molecule has 4 aromatic carbocycles. The van der Waals surface area contributed by atoms with Crippen LogP contribution in [-0.4, -0.2) is 43.8 Å². The van der Waals surface area contributed by atoms with Gasteiger partial charge in [-0.3, -0.25) is 13.9 Å². The minimum absolute atomic E-state index is 0.0362. The Morgan fingerprint density at radius 1 is 0.787 bits per heavy atom. The van der Waals surface area contributed by atoms with Crippen molar-refractivity contribution in [2.45, 2.75) is 75.4 Å². The van der Waals surface area contributed by atoms with Crippen LogP contribution in [0.1, 0.15) is 55.7 Å². The van der Waals surface area contributed by atoms with Crippen LogP contribution in [0.25, 0.3) is 0 Å². The van der Waals surface area contributed by atoms with Crippen LogP contribution in [0.5, 0.6) is 0 Å². The van der Waals surface area contributed by atoms with Gasteiger partial charge < -0.3 is 10.2 Å². The van der Waals surface area contributed by atoms with Gasteiger partial charge in [0.05, 0.1) is 10.6 Å². The van der Waals surface area contributed by atoms with Crippen molar-refractivity contribution < 1.29 is 18.0 Å². The van der Waals surface area contributed by atoms with Crippen molar-refractivity contribution in [1.29, 1.82) is 0 Å². The molecule has 9 heteroatoms. The minimum atomic E-state index is -4.14. The predicted molar refractivity (Wildman–Crippen MR) is 188 cm³/mol. The molecule has 1 aliphatic carbocycles. The van der Waals surface area contributed by atoms with Gasteiger partial charge in [0.2, 0.25) is 11.8 Å². The van der Waals surface area contributed by atoms with E-state index in [4.69, 9.17) is 11.6 Å². The summed E-state index contributed by atoms with van der Waals surface area (Å²) in [5.74, 6) is -0.730. The highest BCUT2D eigenvalue weighted by Crippen LogP contribution is 2.26. The summed E-state index contributed by atoms with van der Waals surface area (Å²) in [5, 5.41) is 3.79. The van der Waals surface area contributed by atoms with Gasteiger partial charge in [0.25, 0.3) is 10.0 Å². The molecule has 246 valence electrons. The Morgan fingerprint density at radius 2 is 1.38 bits per heavy atom. The number of carbonyl (C=O) groups excluding carboxylic acids is 2. The number of halogens is 1. The third kappa shape index (κ3) is 9.02. The Bertz CT molecular complexity index is 1710. The summed E-state index contributed by atoms with van der Waals surface area (Å²) < 4.78 is 29.5. The molecular formula is C38H42ClN3O4S. The number of carbonyl (C=O) groups is 2. The Morgan fingerprint density at radius 3 is 2.00 bits per heavy atom. The average molecular weight is 672 g/mol. The second kappa shape index (κ2) is 16.1. The monoisotopic (exact) mass is 671 g/mol. The highest BCUT2D eigenvalue weighted by molar-refractivity contribution is 7.92. The summed E-state index contributed by atoms with van der Waals surface area (Å²) in [6.45, 7) is 1.63. The van der Waals surface area contributed by atoms with E-state index < -0.39 is 28.5 Å². The zero-order valence-corrected chi connectivity index (χ0v) is 28.3. The average Bonchev–Trinajstić information content (AvgIpc) is 3.10. The number of hydrogen-bond donors (Lipinski definition) is 1. The Labute approximate surface area is 283 Å². The van der Waals surface area contributed by atoms with Gasteiger partial charge in [-0.2, -0.15) is 0 Å². The number of rotatable bonds is 13. The van der Waals surface area contributed by atoms with Gasteiger partial charge in [-0.05, 0) is 72.4 Å². The van der Waals surface area contributed by atoms with Gasteiger partial charge in [0, 0.05) is 24.0 Å². The van der Waals surface area contributed by atoms with E-state index >= 15 is 0 Å². The smallest absolute Gasteiger partial charge is 0.264 e. The van der Waals surface area contributed by atoms with E-state index in [0.717, 1.165) is 59.5 Å². The number of sulfonamides is 1. The molecule has 0 unspecified atom stereocenters. The van der Waals surface area contributed by atoms with Crippen molar-refractivity contribution in [3.63, 3.8) is 0 Å². The molecule has 1 aliphatic rings. The second-order valence-corrected chi connectivity index (χ2v) is 14.3. The minimum Gasteiger partial charge on any atom is -0.352 e. The second-order valence-electron chi connectivity index (χ2n) is 12.0. The van der Waals surface area contributed by atoms with Gasteiger partial charge in [-0.15, -0.1) is 0 Å². The van der Waals surface area contributed by atoms with E-state index in [9.17, 15) is 18.0 Å². The molecule has 7 nitrogen and oxygen atoms in total. The van der Waals surface area contributed by atoms with Crippen LogP contribution in [0.4, 0.5) is 5.69 Å². The lowest BCUT2D eigenvalue weighted by Crippen LogP contribution is -2.55. The first kappa shape index (κ1) is 34.2. The Kier molecular flexibility index (Phi) is 11.7. The van der Waals surface area contributed by atoms with E-state index in [2.05, 4.69) is 5.32 Å². The summed E-state index contributed by atoms with van der Waals surface area (Å²) in [5.41, 5.74) is 3.09. The van der Waals surface area contributed by atoms with Crippen molar-refractivity contribution in [3.8, 4) is 0 Å². The van der Waals surface area contributed by atoms with Crippen molar-refractivity contribution in [2.24, 2.45) is 0 Å². The normalized spacial score (nSPS) is 14.3. The quantitative estimate of drug-likeness (QED) is 0.163. The fourth-order valence-electron chi connectivity index (χ4n) is 6.03. The molecule has 1 atom stereocenters. The maximum Gasteiger partial charge on any atom is 0.264 e. The van der Waals surface area contributed by atoms with Crippen molar-refractivity contribution in [3.05, 3.63) is 131 Å². The van der Waals surface area contributed by atoms with Crippen LogP contribution in [0.15, 0.2) is 114 Å². The van der Waals surface area contributed by atoms with Crippen molar-refractivity contribution >= 4 is 39.1 Å². The van der Waals surface area contributed by atoms with Gasteiger partial charge in [0.15, 0.2) is 0 Å². The predicted octanol–water partition coefficient (Wildman–Crippen LogP) is 7.19. The van der Waals surface area contributed by atoms with E-state index in [0.29, 0.717) is 10.7 Å². The maximum absolute atomic E-state index is 14.6. The molecule has 0 saturated heterocycles. The third-order valence-electron chi connectivity index (χ3n) is 8.73. The van der Waals surface area contributed by atoms with Crippen molar-refractivity contribution in [2.75, 3.05) is 10.8 Å². The van der Waals surface area contributed by atoms with Crippen LogP contribution >= 0.6 is 11.6 Å². The summed E-state index contributed by atoms with van der Waals surface area (Å²) in [4.78, 5) is 30.4. The van der Waals surface area contributed by atoms with Gasteiger partial charge in [-0.25, -0.2) is 8.42 Å². The molecule has 0 aromatic heterocycles. The van der Waals surface area contributed by atoms with Crippen LogP contribution in [-0.2, 0) is 39.0 Å². The lowest BCUT2D eigenvalue weighted by atomic mass is 9.94. The van der Waals surface area contributed by atoms with Crippen LogP contribution in [0, 0.1) is 0 Å². The number of amides is 2. The fourth-order valence-corrected chi connectivity index (χ4v) is 7.59. The number of nitrogens with one attached hydrogen (secondary N) is 1.